The topological polar surface area (TPSA) is 46.2 Å². The maximum absolute atomic E-state index is 10.4. The Labute approximate surface area is 73.5 Å². The zero-order valence-corrected chi connectivity index (χ0v) is 7.89. The molecule has 1 aromatic carbocycles. The zero-order valence-electron chi connectivity index (χ0n) is 7.00. The van der Waals surface area contributed by atoms with E-state index in [1.807, 2.05) is 26.0 Å². The number of hydrogen-bond donors (Lipinski definition) is 2. The van der Waals surface area contributed by atoms with Gasteiger partial charge < -0.3 is 0 Å². The molecule has 0 aliphatic rings. The van der Waals surface area contributed by atoms with Crippen LogP contribution in [0, 0.1) is 13.8 Å². The molecule has 1 rings (SSSR count). The van der Waals surface area contributed by atoms with Gasteiger partial charge in [-0.15, -0.1) is 0 Å². The lowest BCUT2D eigenvalue weighted by Gasteiger charge is -2.05. The van der Waals surface area contributed by atoms with Gasteiger partial charge in [0, 0.05) is 0 Å². The van der Waals surface area contributed by atoms with E-state index in [-0.39, 0.29) is 0 Å². The predicted octanol–water partition coefficient (Wildman–Crippen LogP) is 1.24. The molecule has 66 valence electrons. The summed E-state index contributed by atoms with van der Waals surface area (Å²) >= 11 is 0. The Bertz CT molecular complexity index is 350. The van der Waals surface area contributed by atoms with Gasteiger partial charge in [0.25, 0.3) is 0 Å². The van der Waals surface area contributed by atoms with Crippen molar-refractivity contribution in [3.63, 3.8) is 0 Å². The number of benzene rings is 1. The summed E-state index contributed by atoms with van der Waals surface area (Å²) in [5.74, 6) is 0. The third kappa shape index (κ3) is 1.98. The highest BCUT2D eigenvalue weighted by molar-refractivity contribution is 7.73. The second kappa shape index (κ2) is 3.58. The minimum Gasteiger partial charge on any atom is -0.285 e. The fourth-order valence-corrected chi connectivity index (χ4v) is 1.41. The summed E-state index contributed by atoms with van der Waals surface area (Å²) in [6, 6.07) is 5.51. The summed E-state index contributed by atoms with van der Waals surface area (Å²) < 4.78 is 23.1. The second-order valence-corrected chi connectivity index (χ2v) is 3.35. The van der Waals surface area contributed by atoms with Gasteiger partial charge in [0.1, 0.15) is 0 Å². The lowest BCUT2D eigenvalue weighted by molar-refractivity contribution is 0.619. The van der Waals surface area contributed by atoms with E-state index in [2.05, 4.69) is 4.72 Å². The summed E-state index contributed by atoms with van der Waals surface area (Å²) in [6.45, 7) is 3.83. The van der Waals surface area contributed by atoms with Crippen molar-refractivity contribution >= 4 is 16.6 Å². The summed E-state index contributed by atoms with van der Waals surface area (Å²) in [7, 11) is -2.56. The van der Waals surface area contributed by atoms with Crippen LogP contribution >= 0.6 is 0 Å². The number of anilines is 1. The molecule has 0 amide bonds. The van der Waals surface area contributed by atoms with E-state index in [1.54, 1.807) is 6.07 Å². The summed E-state index contributed by atoms with van der Waals surface area (Å²) in [5, 5.41) is 0. The Kier molecular flexibility index (Phi) is 2.70. The molecule has 0 saturated carbocycles. The van der Waals surface area contributed by atoms with Gasteiger partial charge in [-0.2, -0.15) is 0 Å². The lowest BCUT2D eigenvalue weighted by Crippen LogP contribution is -1.97. The maximum atomic E-state index is 10.4. The number of aryl methyl sites for hydroxylation is 1. The van der Waals surface area contributed by atoms with Gasteiger partial charge in [-0.1, -0.05) is 12.1 Å². The van der Waals surface area contributed by atoms with Crippen molar-refractivity contribution in [1.29, 1.82) is 0 Å². The minimum absolute atomic E-state index is 0.658. The Balaban J connectivity index is 3.08. The van der Waals surface area contributed by atoms with Crippen LogP contribution in [0.3, 0.4) is 0 Å². The third-order valence-corrected chi connectivity index (χ3v) is 2.24. The molecule has 0 aliphatic heterocycles. The molecule has 0 atom stereocenters. The highest BCUT2D eigenvalue weighted by atomic mass is 32.2. The van der Waals surface area contributed by atoms with Crippen molar-refractivity contribution in [2.24, 2.45) is 0 Å². The summed E-state index contributed by atoms with van der Waals surface area (Å²) in [4.78, 5) is 0. The Morgan fingerprint density at radius 3 is 2.50 bits per heavy atom. The fraction of sp³-hybridized carbons (Fsp3) is 0.250. The Hall–Kier alpha value is -1.03. The predicted molar refractivity (Wildman–Crippen MR) is 49.9 cm³/mol. The average Bonchev–Trinajstić information content (AvgIpc) is 1.98. The standard InChI is InChI=1S/C8H11NO2S/c1-6-4-3-5-8(7(6)2)9-12(10)11/h3-5,12H,1-2H3,(H,9,10,11). The largest absolute Gasteiger partial charge is 0.285 e. The second-order valence-electron chi connectivity index (χ2n) is 2.62. The first-order valence-corrected chi connectivity index (χ1v) is 4.76. The Morgan fingerprint density at radius 2 is 1.92 bits per heavy atom. The Morgan fingerprint density at radius 1 is 1.25 bits per heavy atom. The monoisotopic (exact) mass is 185 g/mol. The molecular weight excluding hydrogens is 174 g/mol. The van der Waals surface area contributed by atoms with E-state index in [1.165, 1.54) is 0 Å². The first kappa shape index (κ1) is 9.06. The van der Waals surface area contributed by atoms with E-state index in [9.17, 15) is 8.42 Å². The van der Waals surface area contributed by atoms with E-state index >= 15 is 0 Å². The molecular formula is C8H11NO2S. The molecule has 0 spiro atoms. The fourth-order valence-electron chi connectivity index (χ4n) is 0.971. The van der Waals surface area contributed by atoms with Gasteiger partial charge in [-0.05, 0) is 31.0 Å². The van der Waals surface area contributed by atoms with Gasteiger partial charge in [0.2, 0.25) is 10.9 Å². The minimum atomic E-state index is -2.56. The van der Waals surface area contributed by atoms with Crippen LogP contribution in [0.5, 0.6) is 0 Å². The van der Waals surface area contributed by atoms with Crippen molar-refractivity contribution in [2.75, 3.05) is 4.72 Å². The first-order chi connectivity index (χ1) is 5.61. The van der Waals surface area contributed by atoms with Crippen LogP contribution in [0.1, 0.15) is 11.1 Å². The lowest BCUT2D eigenvalue weighted by atomic mass is 10.1. The van der Waals surface area contributed by atoms with Crippen LogP contribution in [0.15, 0.2) is 18.2 Å². The van der Waals surface area contributed by atoms with E-state index < -0.39 is 10.9 Å². The smallest absolute Gasteiger partial charge is 0.222 e. The summed E-state index contributed by atoms with van der Waals surface area (Å²) in [5.41, 5.74) is 2.71. The highest BCUT2D eigenvalue weighted by Gasteiger charge is 1.98. The average molecular weight is 185 g/mol. The van der Waals surface area contributed by atoms with Gasteiger partial charge in [0.05, 0.1) is 5.69 Å². The van der Waals surface area contributed by atoms with Crippen molar-refractivity contribution in [2.45, 2.75) is 13.8 Å². The first-order valence-electron chi connectivity index (χ1n) is 3.58. The molecule has 0 unspecified atom stereocenters. The molecule has 0 aliphatic carbocycles. The van der Waals surface area contributed by atoms with Crippen LogP contribution in [0.25, 0.3) is 0 Å². The van der Waals surface area contributed by atoms with E-state index in [4.69, 9.17) is 0 Å². The van der Waals surface area contributed by atoms with Crippen LogP contribution < -0.4 is 4.72 Å². The molecule has 0 bridgehead atoms. The van der Waals surface area contributed by atoms with Crippen LogP contribution in [0.2, 0.25) is 0 Å². The molecule has 0 radical (unpaired) electrons. The summed E-state index contributed by atoms with van der Waals surface area (Å²) in [6.07, 6.45) is 0. The van der Waals surface area contributed by atoms with E-state index in [0.29, 0.717) is 5.69 Å². The highest BCUT2D eigenvalue weighted by Crippen LogP contribution is 2.17. The van der Waals surface area contributed by atoms with Gasteiger partial charge >= 0.3 is 0 Å². The maximum Gasteiger partial charge on any atom is 0.222 e. The SMILES string of the molecule is Cc1cccc(N[SH](=O)=O)c1C. The molecule has 3 nitrogen and oxygen atoms in total. The van der Waals surface area contributed by atoms with E-state index in [0.717, 1.165) is 11.1 Å². The van der Waals surface area contributed by atoms with Crippen LogP contribution in [-0.2, 0) is 10.9 Å². The van der Waals surface area contributed by atoms with Crippen molar-refractivity contribution in [3.05, 3.63) is 29.3 Å². The molecule has 0 saturated heterocycles. The normalized spacial score (nSPS) is 10.2. The van der Waals surface area contributed by atoms with Gasteiger partial charge in [-0.3, -0.25) is 4.72 Å². The molecule has 12 heavy (non-hydrogen) atoms. The van der Waals surface area contributed by atoms with Crippen molar-refractivity contribution in [3.8, 4) is 0 Å². The van der Waals surface area contributed by atoms with Crippen LogP contribution in [0.4, 0.5) is 5.69 Å². The number of nitrogens with one attached hydrogen (secondary N) is 1. The van der Waals surface area contributed by atoms with Gasteiger partial charge in [-0.25, -0.2) is 8.42 Å². The van der Waals surface area contributed by atoms with Crippen LogP contribution in [-0.4, -0.2) is 8.42 Å². The number of hydrogen-bond acceptors (Lipinski definition) is 2. The molecule has 0 heterocycles. The van der Waals surface area contributed by atoms with Crippen molar-refractivity contribution in [1.82, 2.24) is 0 Å². The van der Waals surface area contributed by atoms with Gasteiger partial charge in [0.15, 0.2) is 0 Å². The third-order valence-electron chi connectivity index (χ3n) is 1.82. The molecule has 0 fully saturated rings. The van der Waals surface area contributed by atoms with Crippen molar-refractivity contribution < 1.29 is 8.42 Å². The quantitative estimate of drug-likeness (QED) is 0.681. The zero-order chi connectivity index (χ0) is 9.14. The molecule has 0 aromatic heterocycles. The molecule has 1 N–H and O–H groups in total. The number of thiol groups is 1. The number of rotatable bonds is 2. The molecule has 1 aromatic rings. The molecule has 4 heteroatoms.